The largest absolute Gasteiger partial charge is 0.481 e. The molecule has 1 unspecified atom stereocenters. The molecule has 0 bridgehead atoms. The highest BCUT2D eigenvalue weighted by atomic mass is 79.9. The van der Waals surface area contributed by atoms with Gasteiger partial charge >= 0.3 is 5.97 Å². The Morgan fingerprint density at radius 2 is 2.22 bits per heavy atom. The van der Waals surface area contributed by atoms with Crippen LogP contribution in [0.1, 0.15) is 29.0 Å². The number of nitrogens with one attached hydrogen (secondary N) is 1. The van der Waals surface area contributed by atoms with E-state index in [-0.39, 0.29) is 18.8 Å². The van der Waals surface area contributed by atoms with Crippen LogP contribution in [0, 0.1) is 6.92 Å². The third-order valence-corrected chi connectivity index (χ3v) is 4.57. The monoisotopic (exact) mass is 381 g/mol. The molecule has 23 heavy (non-hydrogen) atoms. The average Bonchev–Trinajstić information content (AvgIpc) is 3.04. The van der Waals surface area contributed by atoms with Crippen LogP contribution in [0.5, 0.6) is 0 Å². The van der Waals surface area contributed by atoms with Gasteiger partial charge in [-0.1, -0.05) is 15.9 Å². The van der Waals surface area contributed by atoms with Gasteiger partial charge in [-0.25, -0.2) is 0 Å². The molecular weight excluding hydrogens is 366 g/mol. The molecule has 1 atom stereocenters. The van der Waals surface area contributed by atoms with E-state index in [0.717, 1.165) is 15.4 Å². The molecule has 1 fully saturated rings. The lowest BCUT2D eigenvalue weighted by atomic mass is 9.94. The number of fused-ring (bicyclic) bond motifs is 1. The van der Waals surface area contributed by atoms with Crippen molar-refractivity contribution >= 4 is 38.8 Å². The van der Waals surface area contributed by atoms with Crippen LogP contribution in [0.2, 0.25) is 0 Å². The zero-order valence-electron chi connectivity index (χ0n) is 12.5. The number of carbonyl (C=O) groups excluding carboxylic acids is 1. The third-order valence-electron chi connectivity index (χ3n) is 4.08. The molecule has 0 saturated carbocycles. The number of carboxylic acid groups (broad SMARTS) is 1. The minimum atomic E-state index is -0.971. The Kier molecular flexibility index (Phi) is 4.16. The first-order valence-corrected chi connectivity index (χ1v) is 8.00. The minimum Gasteiger partial charge on any atom is -0.481 e. The van der Waals surface area contributed by atoms with E-state index < -0.39 is 17.4 Å². The summed E-state index contributed by atoms with van der Waals surface area (Å²) in [6.45, 7) is 2.43. The molecular formula is C16H16BrNO5. The Labute approximate surface area is 140 Å². The van der Waals surface area contributed by atoms with Crippen LogP contribution in [0.4, 0.5) is 0 Å². The normalized spacial score (nSPS) is 20.8. The zero-order chi connectivity index (χ0) is 16.6. The molecule has 1 aliphatic rings. The van der Waals surface area contributed by atoms with E-state index in [1.807, 2.05) is 19.1 Å². The number of hydrogen-bond acceptors (Lipinski definition) is 4. The Morgan fingerprint density at radius 3 is 2.87 bits per heavy atom. The van der Waals surface area contributed by atoms with E-state index in [4.69, 9.17) is 14.3 Å². The number of benzene rings is 1. The van der Waals surface area contributed by atoms with Gasteiger partial charge in [-0.2, -0.15) is 0 Å². The van der Waals surface area contributed by atoms with Gasteiger partial charge in [-0.15, -0.1) is 0 Å². The molecule has 3 rings (SSSR count). The second kappa shape index (κ2) is 5.98. The summed E-state index contributed by atoms with van der Waals surface area (Å²) in [6, 6.07) is 5.51. The van der Waals surface area contributed by atoms with Crippen LogP contribution in [0.3, 0.4) is 0 Å². The molecule has 2 heterocycles. The van der Waals surface area contributed by atoms with Crippen molar-refractivity contribution in [2.24, 2.45) is 0 Å². The van der Waals surface area contributed by atoms with Crippen LogP contribution in [-0.4, -0.2) is 35.7 Å². The van der Waals surface area contributed by atoms with Gasteiger partial charge in [-0.3, -0.25) is 9.59 Å². The summed E-state index contributed by atoms with van der Waals surface area (Å²) in [5, 5.41) is 12.7. The van der Waals surface area contributed by atoms with Crippen LogP contribution in [-0.2, 0) is 9.53 Å². The maximum absolute atomic E-state index is 12.6. The van der Waals surface area contributed by atoms with Crippen molar-refractivity contribution in [2.75, 3.05) is 13.2 Å². The summed E-state index contributed by atoms with van der Waals surface area (Å²) in [5.41, 5.74) is 0.462. The molecule has 1 amide bonds. The fourth-order valence-electron chi connectivity index (χ4n) is 2.89. The second-order valence-electron chi connectivity index (χ2n) is 5.80. The number of hydrogen-bond donors (Lipinski definition) is 2. The van der Waals surface area contributed by atoms with Crippen molar-refractivity contribution in [3.63, 3.8) is 0 Å². The number of carbonyl (C=O) groups is 2. The molecule has 7 heteroatoms. The SMILES string of the molecule is Cc1c(C(=O)NC2(CC(=O)O)CCOC2)oc2ccc(Br)cc12. The van der Waals surface area contributed by atoms with E-state index in [9.17, 15) is 9.59 Å². The number of furan rings is 1. The van der Waals surface area contributed by atoms with Gasteiger partial charge in [0.05, 0.1) is 18.6 Å². The summed E-state index contributed by atoms with van der Waals surface area (Å²) >= 11 is 3.40. The zero-order valence-corrected chi connectivity index (χ0v) is 14.1. The average molecular weight is 382 g/mol. The molecule has 1 aromatic heterocycles. The van der Waals surface area contributed by atoms with Crippen LogP contribution in [0.25, 0.3) is 11.0 Å². The van der Waals surface area contributed by atoms with Crippen molar-refractivity contribution < 1.29 is 23.8 Å². The van der Waals surface area contributed by atoms with Crippen molar-refractivity contribution in [2.45, 2.75) is 25.3 Å². The summed E-state index contributed by atoms with van der Waals surface area (Å²) in [5.74, 6) is -1.18. The number of halogens is 1. The van der Waals surface area contributed by atoms with E-state index in [0.29, 0.717) is 18.6 Å². The first-order chi connectivity index (χ1) is 10.9. The predicted octanol–water partition coefficient (Wildman–Crippen LogP) is 2.87. The van der Waals surface area contributed by atoms with Crippen molar-refractivity contribution in [1.29, 1.82) is 0 Å². The molecule has 6 nitrogen and oxygen atoms in total. The van der Waals surface area contributed by atoms with Crippen LogP contribution < -0.4 is 5.32 Å². The Balaban J connectivity index is 1.91. The van der Waals surface area contributed by atoms with Gasteiger partial charge in [0.15, 0.2) is 5.76 Å². The van der Waals surface area contributed by atoms with Crippen LogP contribution in [0.15, 0.2) is 27.1 Å². The molecule has 1 saturated heterocycles. The summed E-state index contributed by atoms with van der Waals surface area (Å²) in [6.07, 6.45) is 0.291. The maximum Gasteiger partial charge on any atom is 0.305 e. The lowest BCUT2D eigenvalue weighted by Gasteiger charge is -2.26. The smallest absolute Gasteiger partial charge is 0.305 e. The quantitative estimate of drug-likeness (QED) is 0.849. The van der Waals surface area contributed by atoms with E-state index in [1.165, 1.54) is 0 Å². The summed E-state index contributed by atoms with van der Waals surface area (Å²) in [4.78, 5) is 23.7. The Hall–Kier alpha value is -1.86. The fraction of sp³-hybridized carbons (Fsp3) is 0.375. The second-order valence-corrected chi connectivity index (χ2v) is 6.72. The first-order valence-electron chi connectivity index (χ1n) is 7.21. The molecule has 1 aliphatic heterocycles. The number of aliphatic carboxylic acids is 1. The van der Waals surface area contributed by atoms with Gasteiger partial charge in [0.25, 0.3) is 5.91 Å². The molecule has 0 radical (unpaired) electrons. The molecule has 122 valence electrons. The summed E-state index contributed by atoms with van der Waals surface area (Å²) < 4.78 is 11.8. The van der Waals surface area contributed by atoms with E-state index >= 15 is 0 Å². The molecule has 2 N–H and O–H groups in total. The van der Waals surface area contributed by atoms with Gasteiger partial charge < -0.3 is 19.6 Å². The molecule has 2 aromatic rings. The van der Waals surface area contributed by atoms with Gasteiger partial charge in [0.2, 0.25) is 0 Å². The van der Waals surface area contributed by atoms with Gasteiger partial charge in [0, 0.05) is 22.0 Å². The van der Waals surface area contributed by atoms with Crippen molar-refractivity contribution in [1.82, 2.24) is 5.32 Å². The Morgan fingerprint density at radius 1 is 1.43 bits per heavy atom. The predicted molar refractivity (Wildman–Crippen MR) is 86.5 cm³/mol. The van der Waals surface area contributed by atoms with E-state index in [2.05, 4.69) is 21.2 Å². The summed E-state index contributed by atoms with van der Waals surface area (Å²) in [7, 11) is 0. The third kappa shape index (κ3) is 3.11. The number of carboxylic acids is 1. The topological polar surface area (TPSA) is 88.8 Å². The lowest BCUT2D eigenvalue weighted by molar-refractivity contribution is -0.138. The fourth-order valence-corrected chi connectivity index (χ4v) is 3.25. The van der Waals surface area contributed by atoms with Gasteiger partial charge in [-0.05, 0) is 31.5 Å². The standard InChI is InChI=1S/C16H16BrNO5/c1-9-11-6-10(17)2-3-12(11)23-14(9)15(21)18-16(7-13(19)20)4-5-22-8-16/h2-3,6H,4-5,7-8H2,1H3,(H,18,21)(H,19,20). The molecule has 0 spiro atoms. The minimum absolute atomic E-state index is 0.177. The Bertz CT molecular complexity index is 776. The molecule has 0 aliphatic carbocycles. The highest BCUT2D eigenvalue weighted by Gasteiger charge is 2.39. The van der Waals surface area contributed by atoms with Crippen molar-refractivity contribution in [3.05, 3.63) is 34.0 Å². The number of aryl methyl sites for hydroxylation is 1. The lowest BCUT2D eigenvalue weighted by Crippen LogP contribution is -2.50. The van der Waals surface area contributed by atoms with Crippen LogP contribution >= 0.6 is 15.9 Å². The van der Waals surface area contributed by atoms with Gasteiger partial charge in [0.1, 0.15) is 5.58 Å². The number of amides is 1. The van der Waals surface area contributed by atoms with E-state index in [1.54, 1.807) is 6.07 Å². The number of rotatable bonds is 4. The maximum atomic E-state index is 12.6. The highest BCUT2D eigenvalue weighted by Crippen LogP contribution is 2.29. The molecule has 1 aromatic carbocycles. The number of ether oxygens (including phenoxy) is 1. The highest BCUT2D eigenvalue weighted by molar-refractivity contribution is 9.10. The van der Waals surface area contributed by atoms with Crippen molar-refractivity contribution in [3.8, 4) is 0 Å². The first kappa shape index (κ1) is 16.0.